The number of carbonyl (C=O) groups excluding carboxylic acids is 1. The molecule has 3 aromatic rings. The summed E-state index contributed by atoms with van der Waals surface area (Å²) in [6.07, 6.45) is -3.48. The number of urea groups is 1. The highest BCUT2D eigenvalue weighted by Crippen LogP contribution is 2.38. The Labute approximate surface area is 211 Å². The Balaban J connectivity index is 1.64. The first kappa shape index (κ1) is 25.8. The van der Waals surface area contributed by atoms with Gasteiger partial charge in [0.25, 0.3) is 0 Å². The lowest BCUT2D eigenvalue weighted by atomic mass is 10.0. The first-order valence-electron chi connectivity index (χ1n) is 10.9. The number of carbonyl (C=O) groups is 1. The molecular formula is C25H22ClF3N2O4S. The highest BCUT2D eigenvalue weighted by Gasteiger charge is 2.40. The third kappa shape index (κ3) is 6.11. The molecule has 1 atom stereocenters. The van der Waals surface area contributed by atoms with Crippen LogP contribution in [-0.2, 0) is 16.0 Å². The van der Waals surface area contributed by atoms with Gasteiger partial charge in [-0.05, 0) is 66.2 Å². The third-order valence-electron chi connectivity index (χ3n) is 5.68. The molecular weight excluding hydrogens is 517 g/mol. The van der Waals surface area contributed by atoms with Crippen LogP contribution in [0.3, 0.4) is 0 Å². The van der Waals surface area contributed by atoms with Crippen molar-refractivity contribution in [3.05, 3.63) is 88.9 Å². The number of benzene rings is 3. The summed E-state index contributed by atoms with van der Waals surface area (Å²) in [4.78, 5) is 16.0. The standard InChI is InChI=1S/C25H22ClF3N2O4S/c1-36(33,34)14-13-30-16-23(17-3-2-4-18(15-17)25(27,28)29)31(24(30)32)20-7-11-22(12-8-20)35-21-9-5-19(26)6-10-21/h2-12,15,23H,13-14,16H2,1H3/t23-/m1/s1. The minimum absolute atomic E-state index is 0.0404. The minimum Gasteiger partial charge on any atom is -0.457 e. The number of hydrogen-bond acceptors (Lipinski definition) is 4. The average molecular weight is 539 g/mol. The van der Waals surface area contributed by atoms with Crippen molar-refractivity contribution in [2.24, 2.45) is 0 Å². The predicted molar refractivity (Wildman–Crippen MR) is 131 cm³/mol. The number of halogens is 4. The Morgan fingerprint density at radius 3 is 2.19 bits per heavy atom. The summed E-state index contributed by atoms with van der Waals surface area (Å²) in [5.41, 5.74) is -0.0945. The molecule has 1 aliphatic heterocycles. The molecule has 36 heavy (non-hydrogen) atoms. The zero-order valence-corrected chi connectivity index (χ0v) is 20.6. The van der Waals surface area contributed by atoms with E-state index in [1.54, 1.807) is 48.5 Å². The van der Waals surface area contributed by atoms with Crippen molar-refractivity contribution >= 4 is 33.2 Å². The lowest BCUT2D eigenvalue weighted by molar-refractivity contribution is -0.137. The topological polar surface area (TPSA) is 66.9 Å². The summed E-state index contributed by atoms with van der Waals surface area (Å²) in [7, 11) is -3.35. The zero-order chi connectivity index (χ0) is 26.1. The smallest absolute Gasteiger partial charge is 0.416 e. The van der Waals surface area contributed by atoms with E-state index < -0.39 is 33.6 Å². The predicted octanol–water partition coefficient (Wildman–Crippen LogP) is 6.18. The zero-order valence-electron chi connectivity index (χ0n) is 19.1. The fourth-order valence-electron chi connectivity index (χ4n) is 3.90. The maximum atomic E-state index is 13.3. The van der Waals surface area contributed by atoms with Crippen molar-refractivity contribution in [1.29, 1.82) is 0 Å². The van der Waals surface area contributed by atoms with Gasteiger partial charge in [0.2, 0.25) is 0 Å². The van der Waals surface area contributed by atoms with Crippen LogP contribution in [0.4, 0.5) is 23.7 Å². The number of alkyl halides is 3. The summed E-state index contributed by atoms with van der Waals surface area (Å²) < 4.78 is 69.1. The van der Waals surface area contributed by atoms with Crippen molar-refractivity contribution in [2.75, 3.05) is 30.0 Å². The molecule has 0 bridgehead atoms. The fraction of sp³-hybridized carbons (Fsp3) is 0.240. The van der Waals surface area contributed by atoms with E-state index in [1.807, 2.05) is 0 Å². The number of rotatable bonds is 7. The second-order valence-corrected chi connectivity index (χ2v) is 11.1. The van der Waals surface area contributed by atoms with Crippen molar-refractivity contribution < 1.29 is 31.1 Å². The largest absolute Gasteiger partial charge is 0.457 e. The number of nitrogens with zero attached hydrogens (tertiary/aromatic N) is 2. The van der Waals surface area contributed by atoms with Crippen molar-refractivity contribution in [3.8, 4) is 11.5 Å². The maximum Gasteiger partial charge on any atom is 0.416 e. The Morgan fingerprint density at radius 1 is 1.00 bits per heavy atom. The van der Waals surface area contributed by atoms with Crippen LogP contribution in [0.2, 0.25) is 5.02 Å². The molecule has 1 saturated heterocycles. The summed E-state index contributed by atoms with van der Waals surface area (Å²) in [5, 5.41) is 0.561. The molecule has 0 unspecified atom stereocenters. The summed E-state index contributed by atoms with van der Waals surface area (Å²) in [5.74, 6) is 0.783. The molecule has 2 amide bonds. The number of sulfone groups is 1. The van der Waals surface area contributed by atoms with Gasteiger partial charge in [-0.15, -0.1) is 0 Å². The van der Waals surface area contributed by atoms with E-state index >= 15 is 0 Å². The van der Waals surface area contributed by atoms with Gasteiger partial charge in [0, 0.05) is 30.1 Å². The van der Waals surface area contributed by atoms with E-state index in [2.05, 4.69) is 0 Å². The SMILES string of the molecule is CS(=O)(=O)CCN1C[C@H](c2cccc(C(F)(F)F)c2)N(c2ccc(Oc3ccc(Cl)cc3)cc2)C1=O. The minimum atomic E-state index is -4.54. The molecule has 0 aromatic heterocycles. The van der Waals surface area contributed by atoms with E-state index in [0.29, 0.717) is 27.8 Å². The Kier molecular flexibility index (Phi) is 7.19. The van der Waals surface area contributed by atoms with Crippen LogP contribution >= 0.6 is 11.6 Å². The summed E-state index contributed by atoms with van der Waals surface area (Å²) in [6.45, 7) is -0.0277. The van der Waals surface area contributed by atoms with Gasteiger partial charge < -0.3 is 9.64 Å². The molecule has 0 saturated carbocycles. The van der Waals surface area contributed by atoms with Gasteiger partial charge in [-0.25, -0.2) is 13.2 Å². The molecule has 6 nitrogen and oxygen atoms in total. The molecule has 4 rings (SSSR count). The monoisotopic (exact) mass is 538 g/mol. The lowest BCUT2D eigenvalue weighted by Crippen LogP contribution is -2.35. The first-order valence-corrected chi connectivity index (χ1v) is 13.3. The highest BCUT2D eigenvalue weighted by atomic mass is 35.5. The van der Waals surface area contributed by atoms with Crippen LogP contribution in [0.25, 0.3) is 0 Å². The molecule has 0 N–H and O–H groups in total. The van der Waals surface area contributed by atoms with Crippen LogP contribution in [-0.4, -0.2) is 44.4 Å². The second-order valence-electron chi connectivity index (χ2n) is 8.42. The van der Waals surface area contributed by atoms with Crippen LogP contribution in [0.1, 0.15) is 17.2 Å². The van der Waals surface area contributed by atoms with E-state index in [0.717, 1.165) is 18.4 Å². The molecule has 0 radical (unpaired) electrons. The normalized spacial score (nSPS) is 16.5. The van der Waals surface area contributed by atoms with E-state index in [9.17, 15) is 26.4 Å². The Bertz CT molecular complexity index is 1350. The number of amides is 2. The van der Waals surface area contributed by atoms with Crippen molar-refractivity contribution in [1.82, 2.24) is 4.90 Å². The fourth-order valence-corrected chi connectivity index (χ4v) is 4.58. The molecule has 3 aromatic carbocycles. The average Bonchev–Trinajstić information content (AvgIpc) is 3.15. The number of ether oxygens (including phenoxy) is 1. The van der Waals surface area contributed by atoms with Crippen molar-refractivity contribution in [2.45, 2.75) is 12.2 Å². The van der Waals surface area contributed by atoms with E-state index in [4.69, 9.17) is 16.3 Å². The van der Waals surface area contributed by atoms with Gasteiger partial charge in [-0.1, -0.05) is 23.7 Å². The van der Waals surface area contributed by atoms with Crippen LogP contribution in [0, 0.1) is 0 Å². The molecule has 0 aliphatic carbocycles. The molecule has 190 valence electrons. The van der Waals surface area contributed by atoms with E-state index in [1.165, 1.54) is 21.9 Å². The lowest BCUT2D eigenvalue weighted by Gasteiger charge is -2.24. The molecule has 1 heterocycles. The van der Waals surface area contributed by atoms with Crippen LogP contribution < -0.4 is 9.64 Å². The molecule has 11 heteroatoms. The maximum absolute atomic E-state index is 13.3. The second kappa shape index (κ2) is 10.0. The van der Waals surface area contributed by atoms with Gasteiger partial charge in [0.05, 0.1) is 17.4 Å². The van der Waals surface area contributed by atoms with Gasteiger partial charge in [0.1, 0.15) is 21.3 Å². The van der Waals surface area contributed by atoms with Gasteiger partial charge in [-0.2, -0.15) is 13.2 Å². The molecule has 1 fully saturated rings. The van der Waals surface area contributed by atoms with Crippen LogP contribution in [0.5, 0.6) is 11.5 Å². The van der Waals surface area contributed by atoms with Gasteiger partial charge >= 0.3 is 12.2 Å². The Hall–Kier alpha value is -3.24. The summed E-state index contributed by atoms with van der Waals surface area (Å²) >= 11 is 5.89. The molecule has 0 spiro atoms. The summed E-state index contributed by atoms with van der Waals surface area (Å²) in [6, 6.07) is 16.9. The number of hydrogen-bond donors (Lipinski definition) is 0. The first-order chi connectivity index (χ1) is 16.9. The van der Waals surface area contributed by atoms with Crippen molar-refractivity contribution in [3.63, 3.8) is 0 Å². The quantitative estimate of drug-likeness (QED) is 0.360. The third-order valence-corrected chi connectivity index (χ3v) is 6.85. The van der Waals surface area contributed by atoms with E-state index in [-0.39, 0.29) is 18.8 Å². The number of anilines is 1. The molecule has 1 aliphatic rings. The highest BCUT2D eigenvalue weighted by molar-refractivity contribution is 7.90. The Morgan fingerprint density at radius 2 is 1.61 bits per heavy atom. The van der Waals surface area contributed by atoms with Gasteiger partial charge in [-0.3, -0.25) is 4.90 Å². The van der Waals surface area contributed by atoms with Gasteiger partial charge in [0.15, 0.2) is 0 Å². The van der Waals surface area contributed by atoms with Crippen LogP contribution in [0.15, 0.2) is 72.8 Å².